The second kappa shape index (κ2) is 10.2. The van der Waals surface area contributed by atoms with Gasteiger partial charge in [-0.15, -0.1) is 22.7 Å². The molecule has 0 radical (unpaired) electrons. The molecule has 4 heterocycles. The summed E-state index contributed by atoms with van der Waals surface area (Å²) in [5.41, 5.74) is -1.14. The van der Waals surface area contributed by atoms with Crippen LogP contribution >= 0.6 is 54.5 Å². The van der Waals surface area contributed by atoms with Gasteiger partial charge < -0.3 is 20.0 Å². The first-order chi connectivity index (χ1) is 16.2. The third kappa shape index (κ3) is 4.64. The predicted octanol–water partition coefficient (Wildman–Crippen LogP) is 6.12. The summed E-state index contributed by atoms with van der Waals surface area (Å²) in [6, 6.07) is 8.33. The molecule has 4 atom stereocenters. The molecule has 2 aromatic rings. The van der Waals surface area contributed by atoms with Crippen LogP contribution in [0.4, 0.5) is 0 Å². The van der Waals surface area contributed by atoms with Crippen molar-refractivity contribution in [3.63, 3.8) is 0 Å². The van der Waals surface area contributed by atoms with Gasteiger partial charge in [-0.25, -0.2) is 0 Å². The fourth-order valence-electron chi connectivity index (χ4n) is 7.21. The van der Waals surface area contributed by atoms with Gasteiger partial charge in [0.2, 0.25) is 0 Å². The second-order valence-corrected chi connectivity index (χ2v) is 15.9. The maximum absolute atomic E-state index is 11.2. The topological polar surface area (TPSA) is 46.9 Å². The second-order valence-electron chi connectivity index (χ2n) is 11.0. The van der Waals surface area contributed by atoms with E-state index in [2.05, 4.69) is 80.0 Å². The van der Waals surface area contributed by atoms with Gasteiger partial charge in [0.05, 0.1) is 7.57 Å². The first-order valence-corrected chi connectivity index (χ1v) is 15.8. The molecule has 8 heteroatoms. The summed E-state index contributed by atoms with van der Waals surface area (Å²) in [4.78, 5) is 7.08. The average molecular weight is 633 g/mol. The lowest BCUT2D eigenvalue weighted by Gasteiger charge is -2.52. The van der Waals surface area contributed by atoms with E-state index in [1.54, 1.807) is 22.7 Å². The molecule has 2 aromatic heterocycles. The van der Waals surface area contributed by atoms with Gasteiger partial charge in [-0.2, -0.15) is 0 Å². The monoisotopic (exact) mass is 630 g/mol. The van der Waals surface area contributed by atoms with Gasteiger partial charge in [-0.05, 0) is 95.9 Å². The summed E-state index contributed by atoms with van der Waals surface area (Å²) in [5.74, 6) is 1.63. The first-order valence-electron chi connectivity index (χ1n) is 12.5. The number of halogens is 2. The third-order valence-electron chi connectivity index (χ3n) is 8.76. The van der Waals surface area contributed by atoms with Gasteiger partial charge >= 0.3 is 0 Å². The Labute approximate surface area is 228 Å². The molecule has 0 amide bonds. The summed E-state index contributed by atoms with van der Waals surface area (Å²) in [7, 11) is 4.35. The molecular weight excluding hydrogens is 596 g/mol. The van der Waals surface area contributed by atoms with Crippen LogP contribution in [0.2, 0.25) is 0 Å². The predicted molar refractivity (Wildman–Crippen MR) is 148 cm³/mol. The smallest absolute Gasteiger partial charge is 0.107 e. The number of aliphatic hydroxyl groups is 2. The summed E-state index contributed by atoms with van der Waals surface area (Å²) >= 11 is 10.4. The number of piperidine rings is 2. The van der Waals surface area contributed by atoms with Crippen LogP contribution in [0.25, 0.3) is 0 Å². The zero-order valence-electron chi connectivity index (χ0n) is 20.1. The van der Waals surface area contributed by atoms with E-state index in [0.717, 1.165) is 69.2 Å². The number of thiophene rings is 2. The maximum atomic E-state index is 11.2. The molecule has 0 spiro atoms. The van der Waals surface area contributed by atoms with Crippen molar-refractivity contribution in [1.82, 2.24) is 9.80 Å². The van der Waals surface area contributed by atoms with Crippen LogP contribution in [0, 0.1) is 23.7 Å². The largest absolute Gasteiger partial charge is 0.384 e. The molecule has 2 N–H and O–H groups in total. The Morgan fingerprint density at radius 3 is 1.26 bits per heavy atom. The molecule has 2 saturated heterocycles. The Hall–Kier alpha value is 0.200. The molecule has 4 fully saturated rings. The molecule has 188 valence electrons. The fraction of sp³-hybridized carbons (Fsp3) is 0.692. The molecule has 0 aromatic carbocycles. The van der Waals surface area contributed by atoms with E-state index in [1.807, 2.05) is 0 Å². The van der Waals surface area contributed by atoms with Crippen molar-refractivity contribution in [1.29, 1.82) is 0 Å². The van der Waals surface area contributed by atoms with Gasteiger partial charge in [0.1, 0.15) is 11.2 Å². The summed E-state index contributed by atoms with van der Waals surface area (Å²) in [6.45, 7) is 4.12. The van der Waals surface area contributed by atoms with Gasteiger partial charge in [-0.1, -0.05) is 12.8 Å². The van der Waals surface area contributed by atoms with Crippen molar-refractivity contribution in [3.8, 4) is 0 Å². The van der Waals surface area contributed by atoms with Crippen LogP contribution < -0.4 is 0 Å². The van der Waals surface area contributed by atoms with Gasteiger partial charge in [0, 0.05) is 59.6 Å². The molecule has 2 saturated carbocycles. The van der Waals surface area contributed by atoms with Crippen molar-refractivity contribution in [2.45, 2.75) is 49.7 Å². The zero-order valence-corrected chi connectivity index (χ0v) is 24.9. The highest BCUT2D eigenvalue weighted by Crippen LogP contribution is 2.52. The SMILES string of the molecule is CN1CC2CCCC(C1)C2(O)c1ccc(Br)s1.CN1CC2CCCC(C1)C2(O)c1ccc(Br)s1. The van der Waals surface area contributed by atoms with E-state index >= 15 is 0 Å². The van der Waals surface area contributed by atoms with Gasteiger partial charge in [0.25, 0.3) is 0 Å². The molecule has 4 bridgehead atoms. The Morgan fingerprint density at radius 2 is 1.00 bits per heavy atom. The Morgan fingerprint density at radius 1 is 0.676 bits per heavy atom. The third-order valence-corrected chi connectivity index (χ3v) is 12.3. The standard InChI is InChI=1S/2C13H18BrNOS/c2*1-15-7-9-3-2-4-10(8-15)13(9,16)11-5-6-12(14)17-11/h2*5-6,9-10,16H,2-4,7-8H2,1H3. The van der Waals surface area contributed by atoms with Crippen molar-refractivity contribution >= 4 is 54.5 Å². The Balaban J connectivity index is 0.000000142. The lowest BCUT2D eigenvalue weighted by molar-refractivity contribution is -0.140. The van der Waals surface area contributed by atoms with Crippen LogP contribution in [0.15, 0.2) is 31.8 Å². The van der Waals surface area contributed by atoms with Gasteiger partial charge in [-0.3, -0.25) is 0 Å². The highest BCUT2D eigenvalue weighted by molar-refractivity contribution is 9.11. The fourth-order valence-corrected chi connectivity index (χ4v) is 10.5. The lowest BCUT2D eigenvalue weighted by atomic mass is 9.65. The molecule has 4 unspecified atom stereocenters. The van der Waals surface area contributed by atoms with Crippen LogP contribution in [0.5, 0.6) is 0 Å². The van der Waals surface area contributed by atoms with Crippen LogP contribution in [0.3, 0.4) is 0 Å². The molecule has 4 aliphatic rings. The normalized spacial score (nSPS) is 38.3. The Kier molecular flexibility index (Phi) is 7.72. The van der Waals surface area contributed by atoms with E-state index < -0.39 is 11.2 Å². The number of likely N-dealkylation sites (tertiary alicyclic amines) is 2. The summed E-state index contributed by atoms with van der Waals surface area (Å²) in [6.07, 6.45) is 7.19. The lowest BCUT2D eigenvalue weighted by Crippen LogP contribution is -2.56. The van der Waals surface area contributed by atoms with Crippen LogP contribution in [0.1, 0.15) is 48.3 Å². The minimum absolute atomic E-state index is 0.408. The van der Waals surface area contributed by atoms with Crippen molar-refractivity contribution in [2.24, 2.45) is 23.7 Å². The Bertz CT molecular complexity index is 889. The highest BCUT2D eigenvalue weighted by atomic mass is 79.9. The van der Waals surface area contributed by atoms with Crippen molar-refractivity contribution in [3.05, 3.63) is 41.6 Å². The minimum Gasteiger partial charge on any atom is -0.384 e. The molecule has 4 nitrogen and oxygen atoms in total. The van der Waals surface area contributed by atoms with E-state index in [9.17, 15) is 10.2 Å². The maximum Gasteiger partial charge on any atom is 0.107 e. The molecule has 6 rings (SSSR count). The quantitative estimate of drug-likeness (QED) is 0.419. The van der Waals surface area contributed by atoms with Crippen molar-refractivity contribution in [2.75, 3.05) is 40.3 Å². The van der Waals surface area contributed by atoms with E-state index in [1.165, 1.54) is 12.8 Å². The van der Waals surface area contributed by atoms with E-state index in [-0.39, 0.29) is 0 Å². The number of nitrogens with zero attached hydrogens (tertiary/aromatic N) is 2. The number of fused-ring (bicyclic) bond motifs is 4. The number of hydrogen-bond donors (Lipinski definition) is 2. The van der Waals surface area contributed by atoms with Crippen molar-refractivity contribution < 1.29 is 10.2 Å². The number of rotatable bonds is 2. The van der Waals surface area contributed by atoms with E-state index in [0.29, 0.717) is 23.7 Å². The minimum atomic E-state index is -0.568. The van der Waals surface area contributed by atoms with Crippen LogP contribution in [-0.2, 0) is 11.2 Å². The number of hydrogen-bond acceptors (Lipinski definition) is 6. The molecule has 2 aliphatic heterocycles. The summed E-state index contributed by atoms with van der Waals surface area (Å²) in [5, 5.41) is 22.4. The molecule has 2 aliphatic carbocycles. The molecule has 34 heavy (non-hydrogen) atoms. The first kappa shape index (κ1) is 25.8. The van der Waals surface area contributed by atoms with E-state index in [4.69, 9.17) is 0 Å². The highest BCUT2D eigenvalue weighted by Gasteiger charge is 2.52. The molecular formula is C26H36Br2N2O2S2. The summed E-state index contributed by atoms with van der Waals surface area (Å²) < 4.78 is 2.25. The average Bonchev–Trinajstić information content (AvgIpc) is 3.40. The van der Waals surface area contributed by atoms with Crippen LogP contribution in [-0.4, -0.2) is 60.3 Å². The van der Waals surface area contributed by atoms with Gasteiger partial charge in [0.15, 0.2) is 0 Å². The zero-order chi connectivity index (χ0) is 24.1.